The van der Waals surface area contributed by atoms with Gasteiger partial charge in [-0.3, -0.25) is 9.78 Å². The van der Waals surface area contributed by atoms with Crippen LogP contribution >= 0.6 is 11.6 Å². The van der Waals surface area contributed by atoms with Crippen LogP contribution < -0.4 is 4.74 Å². The number of ether oxygens (including phenoxy) is 1. The van der Waals surface area contributed by atoms with Gasteiger partial charge in [-0.1, -0.05) is 23.7 Å². The van der Waals surface area contributed by atoms with Crippen LogP contribution in [0.4, 0.5) is 0 Å². The van der Waals surface area contributed by atoms with E-state index >= 15 is 0 Å². The van der Waals surface area contributed by atoms with Gasteiger partial charge < -0.3 is 9.84 Å². The summed E-state index contributed by atoms with van der Waals surface area (Å²) in [5, 5.41) is 9.08. The molecule has 0 fully saturated rings. The summed E-state index contributed by atoms with van der Waals surface area (Å²) < 4.78 is 5.55. The number of aliphatic carboxylic acids is 1. The van der Waals surface area contributed by atoms with E-state index in [0.29, 0.717) is 16.5 Å². The molecule has 2 aromatic rings. The summed E-state index contributed by atoms with van der Waals surface area (Å²) in [5.41, 5.74) is 0.718. The Morgan fingerprint density at radius 3 is 2.61 bits per heavy atom. The smallest absolute Gasteiger partial charge is 0.307 e. The number of carbonyl (C=O) groups is 1. The zero-order chi connectivity index (χ0) is 13.0. The summed E-state index contributed by atoms with van der Waals surface area (Å²) in [5.74, 6) is 0.246. The molecule has 0 spiro atoms. The number of hydrogen-bond donors (Lipinski definition) is 1. The van der Waals surface area contributed by atoms with Gasteiger partial charge >= 0.3 is 5.97 Å². The molecule has 18 heavy (non-hydrogen) atoms. The van der Waals surface area contributed by atoms with E-state index in [9.17, 15) is 4.79 Å². The summed E-state index contributed by atoms with van der Waals surface area (Å²) >= 11 is 5.91. The van der Waals surface area contributed by atoms with Crippen molar-refractivity contribution in [2.75, 3.05) is 0 Å². The van der Waals surface area contributed by atoms with Crippen molar-refractivity contribution >= 4 is 17.6 Å². The van der Waals surface area contributed by atoms with Crippen molar-refractivity contribution in [2.24, 2.45) is 0 Å². The Kier molecular flexibility index (Phi) is 3.79. The molecule has 0 aliphatic carbocycles. The topological polar surface area (TPSA) is 59.4 Å². The van der Waals surface area contributed by atoms with E-state index in [1.165, 1.54) is 6.20 Å². The summed E-state index contributed by atoms with van der Waals surface area (Å²) in [6.45, 7) is 0. The molecular formula is C13H10ClNO3. The van der Waals surface area contributed by atoms with Crippen LogP contribution in [0.2, 0.25) is 5.02 Å². The van der Waals surface area contributed by atoms with Crippen LogP contribution in [0.3, 0.4) is 0 Å². The number of benzene rings is 1. The molecule has 4 nitrogen and oxygen atoms in total. The van der Waals surface area contributed by atoms with Crippen LogP contribution in [-0.4, -0.2) is 16.1 Å². The lowest BCUT2D eigenvalue weighted by atomic mass is 10.1. The van der Waals surface area contributed by atoms with Gasteiger partial charge in [-0.25, -0.2) is 0 Å². The normalized spacial score (nSPS) is 10.1. The number of carboxylic acids is 1. The number of nitrogens with zero attached hydrogens (tertiary/aromatic N) is 1. The van der Waals surface area contributed by atoms with Crippen molar-refractivity contribution in [3.05, 3.63) is 53.3 Å². The second-order valence-electron chi connectivity index (χ2n) is 3.62. The predicted octanol–water partition coefficient (Wildman–Crippen LogP) is 3.15. The molecule has 0 saturated carbocycles. The van der Waals surface area contributed by atoms with Crippen LogP contribution in [0.25, 0.3) is 0 Å². The number of aromatic nitrogens is 1. The summed E-state index contributed by atoms with van der Waals surface area (Å²) in [6.07, 6.45) is 3.08. The second kappa shape index (κ2) is 5.51. The zero-order valence-electron chi connectivity index (χ0n) is 9.34. The molecule has 0 radical (unpaired) electrons. The Balaban J connectivity index is 2.11. The van der Waals surface area contributed by atoms with Crippen LogP contribution in [0.15, 0.2) is 42.7 Å². The molecule has 0 bridgehead atoms. The fraction of sp³-hybridized carbons (Fsp3) is 0.0769. The minimum atomic E-state index is -0.860. The number of halogens is 1. The largest absolute Gasteiger partial charge is 0.481 e. The molecule has 0 aliphatic heterocycles. The molecule has 0 saturated heterocycles. The molecule has 1 heterocycles. The summed E-state index contributed by atoms with van der Waals surface area (Å²) in [7, 11) is 0. The monoisotopic (exact) mass is 263 g/mol. The van der Waals surface area contributed by atoms with Crippen molar-refractivity contribution in [3.8, 4) is 11.5 Å². The van der Waals surface area contributed by atoms with E-state index in [-0.39, 0.29) is 6.42 Å². The van der Waals surface area contributed by atoms with Crippen molar-refractivity contribution < 1.29 is 14.6 Å². The first-order valence-electron chi connectivity index (χ1n) is 5.23. The second-order valence-corrected chi connectivity index (χ2v) is 4.03. The SMILES string of the molecule is O=C(O)Cc1ccc(Oc2ccncc2Cl)cc1. The van der Waals surface area contributed by atoms with E-state index in [0.717, 1.165) is 5.56 Å². The fourth-order valence-electron chi connectivity index (χ4n) is 1.42. The lowest BCUT2D eigenvalue weighted by molar-refractivity contribution is -0.136. The zero-order valence-corrected chi connectivity index (χ0v) is 10.1. The molecule has 1 aromatic heterocycles. The fourth-order valence-corrected chi connectivity index (χ4v) is 1.58. The highest BCUT2D eigenvalue weighted by atomic mass is 35.5. The average molecular weight is 264 g/mol. The molecule has 5 heteroatoms. The Hall–Kier alpha value is -2.07. The summed E-state index contributed by atoms with van der Waals surface area (Å²) in [4.78, 5) is 14.4. The molecule has 0 atom stereocenters. The van der Waals surface area contributed by atoms with Crippen LogP contribution in [0.1, 0.15) is 5.56 Å². The molecule has 92 valence electrons. The number of carboxylic acid groups (broad SMARTS) is 1. The van der Waals surface area contributed by atoms with Gasteiger partial charge in [0.1, 0.15) is 16.5 Å². The third-order valence-corrected chi connectivity index (χ3v) is 2.53. The molecule has 0 amide bonds. The lowest BCUT2D eigenvalue weighted by Crippen LogP contribution is -1.99. The van der Waals surface area contributed by atoms with Gasteiger partial charge in [0.05, 0.1) is 6.42 Å². The maximum absolute atomic E-state index is 10.5. The molecule has 2 rings (SSSR count). The van der Waals surface area contributed by atoms with Crippen molar-refractivity contribution in [1.29, 1.82) is 0 Å². The first-order valence-corrected chi connectivity index (χ1v) is 5.61. The summed E-state index contributed by atoms with van der Waals surface area (Å²) in [6, 6.07) is 8.48. The number of pyridine rings is 1. The first kappa shape index (κ1) is 12.4. The predicted molar refractivity (Wildman–Crippen MR) is 67.1 cm³/mol. The first-order chi connectivity index (χ1) is 8.65. The van der Waals surface area contributed by atoms with Gasteiger partial charge in [0.25, 0.3) is 0 Å². The van der Waals surface area contributed by atoms with Crippen LogP contribution in [0, 0.1) is 0 Å². The molecule has 1 aromatic carbocycles. The Morgan fingerprint density at radius 1 is 1.28 bits per heavy atom. The minimum Gasteiger partial charge on any atom is -0.481 e. The number of hydrogen-bond acceptors (Lipinski definition) is 3. The van der Waals surface area contributed by atoms with Crippen molar-refractivity contribution in [3.63, 3.8) is 0 Å². The highest BCUT2D eigenvalue weighted by Crippen LogP contribution is 2.28. The van der Waals surface area contributed by atoms with Gasteiger partial charge in [-0.15, -0.1) is 0 Å². The van der Waals surface area contributed by atoms with Crippen molar-refractivity contribution in [2.45, 2.75) is 6.42 Å². The standard InChI is InChI=1S/C13H10ClNO3/c14-11-8-15-6-5-12(11)18-10-3-1-9(2-4-10)7-13(16)17/h1-6,8H,7H2,(H,16,17). The van der Waals surface area contributed by atoms with Crippen LogP contribution in [0.5, 0.6) is 11.5 Å². The van der Waals surface area contributed by atoms with E-state index in [1.54, 1.807) is 36.5 Å². The van der Waals surface area contributed by atoms with E-state index in [4.69, 9.17) is 21.4 Å². The van der Waals surface area contributed by atoms with Gasteiger partial charge in [0.15, 0.2) is 0 Å². The Bertz CT molecular complexity index is 554. The molecule has 1 N–H and O–H groups in total. The van der Waals surface area contributed by atoms with E-state index < -0.39 is 5.97 Å². The van der Waals surface area contributed by atoms with Gasteiger partial charge in [0.2, 0.25) is 0 Å². The molecular weight excluding hydrogens is 254 g/mol. The van der Waals surface area contributed by atoms with E-state index in [2.05, 4.69) is 4.98 Å². The highest BCUT2D eigenvalue weighted by molar-refractivity contribution is 6.31. The molecule has 0 aliphatic rings. The quantitative estimate of drug-likeness (QED) is 0.920. The Morgan fingerprint density at radius 2 is 2.00 bits per heavy atom. The van der Waals surface area contributed by atoms with Gasteiger partial charge in [0, 0.05) is 18.5 Å². The third-order valence-electron chi connectivity index (χ3n) is 2.24. The average Bonchev–Trinajstić information content (AvgIpc) is 2.34. The van der Waals surface area contributed by atoms with E-state index in [1.807, 2.05) is 0 Å². The lowest BCUT2D eigenvalue weighted by Gasteiger charge is -2.07. The van der Waals surface area contributed by atoms with Gasteiger partial charge in [-0.2, -0.15) is 0 Å². The maximum Gasteiger partial charge on any atom is 0.307 e. The maximum atomic E-state index is 10.5. The molecule has 0 unspecified atom stereocenters. The highest BCUT2D eigenvalue weighted by Gasteiger charge is 2.04. The van der Waals surface area contributed by atoms with Crippen LogP contribution in [-0.2, 0) is 11.2 Å². The minimum absolute atomic E-state index is 0.00368. The third kappa shape index (κ3) is 3.21. The Labute approximate surface area is 109 Å². The van der Waals surface area contributed by atoms with Gasteiger partial charge in [-0.05, 0) is 17.7 Å². The van der Waals surface area contributed by atoms with Crippen molar-refractivity contribution in [1.82, 2.24) is 4.98 Å². The number of rotatable bonds is 4.